The molecule has 1 unspecified atom stereocenters. The predicted octanol–water partition coefficient (Wildman–Crippen LogP) is 4.13. The predicted molar refractivity (Wildman–Crippen MR) is 90.6 cm³/mol. The minimum absolute atomic E-state index is 0.349. The molecule has 1 heterocycles. The van der Waals surface area contributed by atoms with Gasteiger partial charge in [-0.1, -0.05) is 28.1 Å². The van der Waals surface area contributed by atoms with Gasteiger partial charge in [-0.15, -0.1) is 11.3 Å². The van der Waals surface area contributed by atoms with Gasteiger partial charge < -0.3 is 10.2 Å². The Morgan fingerprint density at radius 1 is 1.35 bits per heavy atom. The molecule has 108 valence electrons. The van der Waals surface area contributed by atoms with E-state index in [0.29, 0.717) is 6.04 Å². The summed E-state index contributed by atoms with van der Waals surface area (Å²) in [4.78, 5) is 8.20. The number of nitrogens with zero attached hydrogens (tertiary/aromatic N) is 2. The number of aromatic nitrogens is 1. The van der Waals surface area contributed by atoms with Crippen LogP contribution < -0.4 is 10.2 Å². The molecular weight excluding hydrogens is 334 g/mol. The summed E-state index contributed by atoms with van der Waals surface area (Å²) in [6, 6.07) is 8.77. The third-order valence-electron chi connectivity index (χ3n) is 3.31. The second kappa shape index (κ2) is 6.70. The summed E-state index contributed by atoms with van der Waals surface area (Å²) in [5.41, 5.74) is 2.40. The molecule has 0 saturated carbocycles. The fourth-order valence-electron chi connectivity index (χ4n) is 2.02. The second-order valence-corrected chi connectivity index (χ2v) is 6.86. The smallest absolute Gasteiger partial charge is 0.185 e. The molecule has 0 spiro atoms. The van der Waals surface area contributed by atoms with E-state index < -0.39 is 0 Å². The van der Waals surface area contributed by atoms with Gasteiger partial charge in [0.2, 0.25) is 0 Å². The summed E-state index contributed by atoms with van der Waals surface area (Å²) in [7, 11) is 4.07. The van der Waals surface area contributed by atoms with Gasteiger partial charge in [-0.25, -0.2) is 4.98 Å². The topological polar surface area (TPSA) is 28.2 Å². The molecule has 0 saturated heterocycles. The van der Waals surface area contributed by atoms with Gasteiger partial charge in [-0.2, -0.15) is 0 Å². The first kappa shape index (κ1) is 15.5. The Morgan fingerprint density at radius 3 is 2.60 bits per heavy atom. The van der Waals surface area contributed by atoms with Gasteiger partial charge >= 0.3 is 0 Å². The highest BCUT2D eigenvalue weighted by Gasteiger charge is 2.15. The van der Waals surface area contributed by atoms with E-state index in [1.807, 2.05) is 7.05 Å². The molecule has 1 N–H and O–H groups in total. The van der Waals surface area contributed by atoms with Crippen LogP contribution in [0, 0.1) is 6.92 Å². The van der Waals surface area contributed by atoms with Crippen LogP contribution in [0.2, 0.25) is 0 Å². The first-order chi connectivity index (χ1) is 9.51. The fraction of sp³-hybridized carbons (Fsp3) is 0.400. The Kier molecular flexibility index (Phi) is 5.18. The van der Waals surface area contributed by atoms with Crippen LogP contribution in [-0.4, -0.2) is 19.1 Å². The molecule has 0 amide bonds. The van der Waals surface area contributed by atoms with Crippen LogP contribution in [0.5, 0.6) is 0 Å². The number of hydrogen-bond donors (Lipinski definition) is 1. The van der Waals surface area contributed by atoms with E-state index in [1.165, 1.54) is 10.4 Å². The van der Waals surface area contributed by atoms with Gasteiger partial charge in [-0.3, -0.25) is 0 Å². The van der Waals surface area contributed by atoms with Crippen LogP contribution in [0.3, 0.4) is 0 Å². The standard InChI is InChI=1S/C15H20BrN3S/c1-10(17-3)14-11(2)18-15(20-14)19(4)9-12-5-7-13(16)8-6-12/h5-8,10,17H,9H2,1-4H3. The van der Waals surface area contributed by atoms with Crippen LogP contribution >= 0.6 is 27.3 Å². The van der Waals surface area contributed by atoms with Gasteiger partial charge in [0.25, 0.3) is 0 Å². The summed E-state index contributed by atoms with van der Waals surface area (Å²) >= 11 is 5.23. The Morgan fingerprint density at radius 2 is 2.00 bits per heavy atom. The first-order valence-corrected chi connectivity index (χ1v) is 8.22. The van der Waals surface area contributed by atoms with Gasteiger partial charge in [0.05, 0.1) is 5.69 Å². The summed E-state index contributed by atoms with van der Waals surface area (Å²) in [6.07, 6.45) is 0. The number of thiazole rings is 1. The molecule has 2 rings (SSSR count). The lowest BCUT2D eigenvalue weighted by Gasteiger charge is -2.15. The number of halogens is 1. The van der Waals surface area contributed by atoms with E-state index in [1.54, 1.807) is 11.3 Å². The third-order valence-corrected chi connectivity index (χ3v) is 5.29. The molecule has 5 heteroatoms. The number of aryl methyl sites for hydroxylation is 1. The van der Waals surface area contributed by atoms with Crippen LogP contribution in [-0.2, 0) is 6.54 Å². The quantitative estimate of drug-likeness (QED) is 0.875. The van der Waals surface area contributed by atoms with Crippen molar-refractivity contribution in [3.8, 4) is 0 Å². The SMILES string of the molecule is CNC(C)c1sc(N(C)Cc2ccc(Br)cc2)nc1C. The number of nitrogens with one attached hydrogen (secondary N) is 1. The van der Waals surface area contributed by atoms with Crippen molar-refractivity contribution in [3.05, 3.63) is 44.9 Å². The Bertz CT molecular complexity index is 565. The maximum atomic E-state index is 4.69. The molecule has 0 aliphatic heterocycles. The molecule has 0 radical (unpaired) electrons. The van der Waals surface area contributed by atoms with Crippen molar-refractivity contribution >= 4 is 32.4 Å². The van der Waals surface area contributed by atoms with Crippen molar-refractivity contribution in [1.29, 1.82) is 0 Å². The molecule has 0 aliphatic rings. The highest BCUT2D eigenvalue weighted by Crippen LogP contribution is 2.30. The van der Waals surface area contributed by atoms with Crippen molar-refractivity contribution in [2.75, 3.05) is 19.0 Å². The van der Waals surface area contributed by atoms with E-state index in [0.717, 1.165) is 21.8 Å². The number of hydrogen-bond acceptors (Lipinski definition) is 4. The summed E-state index contributed by atoms with van der Waals surface area (Å²) in [5.74, 6) is 0. The first-order valence-electron chi connectivity index (χ1n) is 6.61. The lowest BCUT2D eigenvalue weighted by atomic mass is 10.2. The highest BCUT2D eigenvalue weighted by molar-refractivity contribution is 9.10. The van der Waals surface area contributed by atoms with Crippen molar-refractivity contribution in [1.82, 2.24) is 10.3 Å². The van der Waals surface area contributed by atoms with Crippen LogP contribution in [0.4, 0.5) is 5.13 Å². The van der Waals surface area contributed by atoms with Crippen molar-refractivity contribution < 1.29 is 0 Å². The number of anilines is 1. The highest BCUT2D eigenvalue weighted by atomic mass is 79.9. The molecule has 1 aromatic heterocycles. The molecule has 1 atom stereocenters. The molecule has 20 heavy (non-hydrogen) atoms. The minimum atomic E-state index is 0.349. The van der Waals surface area contributed by atoms with Gasteiger partial charge in [0.1, 0.15) is 0 Å². The maximum absolute atomic E-state index is 4.69. The monoisotopic (exact) mass is 353 g/mol. The van der Waals surface area contributed by atoms with Crippen molar-refractivity contribution in [3.63, 3.8) is 0 Å². The fourth-order valence-corrected chi connectivity index (χ4v) is 3.37. The molecular formula is C15H20BrN3S. The Labute approximate surface area is 133 Å². The van der Waals surface area contributed by atoms with E-state index in [4.69, 9.17) is 0 Å². The van der Waals surface area contributed by atoms with Crippen molar-refractivity contribution in [2.45, 2.75) is 26.4 Å². The molecule has 0 fully saturated rings. The van der Waals surface area contributed by atoms with Crippen LogP contribution in [0.15, 0.2) is 28.7 Å². The minimum Gasteiger partial charge on any atom is -0.347 e. The molecule has 0 aliphatic carbocycles. The zero-order chi connectivity index (χ0) is 14.7. The zero-order valence-electron chi connectivity index (χ0n) is 12.3. The van der Waals surface area contributed by atoms with E-state index in [9.17, 15) is 0 Å². The second-order valence-electron chi connectivity index (χ2n) is 4.94. The average molecular weight is 354 g/mol. The molecule has 3 nitrogen and oxygen atoms in total. The Hall–Kier alpha value is -0.910. The Balaban J connectivity index is 2.13. The number of rotatable bonds is 5. The molecule has 2 aromatic rings. The van der Waals surface area contributed by atoms with E-state index in [-0.39, 0.29) is 0 Å². The van der Waals surface area contributed by atoms with Gasteiger partial charge in [-0.05, 0) is 38.6 Å². The molecule has 0 bridgehead atoms. The lowest BCUT2D eigenvalue weighted by molar-refractivity contribution is 0.658. The summed E-state index contributed by atoms with van der Waals surface area (Å²) in [5, 5.41) is 4.35. The summed E-state index contributed by atoms with van der Waals surface area (Å²) < 4.78 is 1.11. The van der Waals surface area contributed by atoms with E-state index in [2.05, 4.69) is 76.3 Å². The lowest BCUT2D eigenvalue weighted by Crippen LogP contribution is -2.15. The van der Waals surface area contributed by atoms with Gasteiger partial charge in [0, 0.05) is 29.0 Å². The largest absolute Gasteiger partial charge is 0.347 e. The maximum Gasteiger partial charge on any atom is 0.185 e. The van der Waals surface area contributed by atoms with Gasteiger partial charge in [0.15, 0.2) is 5.13 Å². The van der Waals surface area contributed by atoms with Crippen molar-refractivity contribution in [2.24, 2.45) is 0 Å². The van der Waals surface area contributed by atoms with Crippen LogP contribution in [0.25, 0.3) is 0 Å². The third kappa shape index (κ3) is 3.59. The molecule has 1 aromatic carbocycles. The summed E-state index contributed by atoms with van der Waals surface area (Å²) in [6.45, 7) is 5.11. The zero-order valence-corrected chi connectivity index (χ0v) is 14.7. The average Bonchev–Trinajstić information content (AvgIpc) is 2.82. The van der Waals surface area contributed by atoms with Crippen LogP contribution in [0.1, 0.15) is 29.1 Å². The van der Waals surface area contributed by atoms with E-state index >= 15 is 0 Å². The normalized spacial score (nSPS) is 12.4. The number of benzene rings is 1.